The third-order valence-corrected chi connectivity index (χ3v) is 4.11. The van der Waals surface area contributed by atoms with Crippen molar-refractivity contribution >= 4 is 11.6 Å². The van der Waals surface area contributed by atoms with Crippen LogP contribution in [0.25, 0.3) is 11.4 Å². The summed E-state index contributed by atoms with van der Waals surface area (Å²) >= 11 is 0. The highest BCUT2D eigenvalue weighted by Gasteiger charge is 2.28. The summed E-state index contributed by atoms with van der Waals surface area (Å²) < 4.78 is 30.4. The quantitative estimate of drug-likeness (QED) is 0.717. The van der Waals surface area contributed by atoms with Gasteiger partial charge in [0.25, 0.3) is 5.91 Å². The molecule has 0 bridgehead atoms. The molecule has 1 heterocycles. The van der Waals surface area contributed by atoms with Crippen molar-refractivity contribution in [2.24, 2.45) is 0 Å². The van der Waals surface area contributed by atoms with Gasteiger partial charge in [-0.1, -0.05) is 12.1 Å². The Morgan fingerprint density at radius 2 is 1.96 bits per heavy atom. The molecule has 7 nitrogen and oxygen atoms in total. The van der Waals surface area contributed by atoms with Gasteiger partial charge in [-0.2, -0.15) is 8.78 Å². The lowest BCUT2D eigenvalue weighted by atomic mass is 10.1. The predicted octanol–water partition coefficient (Wildman–Crippen LogP) is 3.53. The molecule has 1 saturated carbocycles. The number of ether oxygens (including phenoxy) is 1. The maximum absolute atomic E-state index is 12.4. The van der Waals surface area contributed by atoms with E-state index in [1.165, 1.54) is 24.3 Å². The zero-order valence-corrected chi connectivity index (χ0v) is 14.0. The molecule has 4 rings (SSSR count). The fourth-order valence-corrected chi connectivity index (χ4v) is 2.68. The van der Waals surface area contributed by atoms with E-state index in [1.807, 2.05) is 6.07 Å². The van der Waals surface area contributed by atoms with Crippen molar-refractivity contribution < 1.29 is 18.3 Å². The Kier molecular flexibility index (Phi) is 4.49. The molecule has 0 spiro atoms. The molecule has 1 amide bonds. The standard InChI is InChI=1S/C18H15F2N5O2/c19-18(20)27-15-8-4-11(5-9-15)17(26)21-13-3-1-2-12(10-13)16-22-23-24-25(16)14-6-7-14/h1-5,8-10,14,18H,6-7H2,(H,21,26). The molecule has 0 saturated heterocycles. The lowest BCUT2D eigenvalue weighted by Gasteiger charge is -2.09. The van der Waals surface area contributed by atoms with Crippen molar-refractivity contribution in [3.05, 3.63) is 54.1 Å². The number of aromatic nitrogens is 4. The van der Waals surface area contributed by atoms with Gasteiger partial charge in [-0.3, -0.25) is 4.79 Å². The van der Waals surface area contributed by atoms with Gasteiger partial charge in [0, 0.05) is 16.8 Å². The smallest absolute Gasteiger partial charge is 0.387 e. The molecule has 0 radical (unpaired) electrons. The first kappa shape index (κ1) is 17.1. The summed E-state index contributed by atoms with van der Waals surface area (Å²) in [6.45, 7) is -2.90. The number of hydrogen-bond donors (Lipinski definition) is 1. The second-order valence-corrected chi connectivity index (χ2v) is 6.12. The number of alkyl halides is 2. The third-order valence-electron chi connectivity index (χ3n) is 4.11. The molecule has 2 aromatic carbocycles. The Labute approximate surface area is 153 Å². The number of benzene rings is 2. The van der Waals surface area contributed by atoms with Crippen LogP contribution >= 0.6 is 0 Å². The fraction of sp³-hybridized carbons (Fsp3) is 0.222. The number of amides is 1. The van der Waals surface area contributed by atoms with Crippen LogP contribution in [0.4, 0.5) is 14.5 Å². The van der Waals surface area contributed by atoms with Crippen molar-refractivity contribution in [2.45, 2.75) is 25.5 Å². The number of hydrogen-bond acceptors (Lipinski definition) is 5. The minimum absolute atomic E-state index is 0.00420. The van der Waals surface area contributed by atoms with Gasteiger partial charge in [0.2, 0.25) is 0 Å². The summed E-state index contributed by atoms with van der Waals surface area (Å²) in [6.07, 6.45) is 2.11. The minimum atomic E-state index is -2.90. The van der Waals surface area contributed by atoms with Crippen LogP contribution in [0, 0.1) is 0 Å². The molecule has 9 heteroatoms. The molecule has 3 aromatic rings. The van der Waals surface area contributed by atoms with E-state index in [1.54, 1.807) is 22.9 Å². The second kappa shape index (κ2) is 7.10. The highest BCUT2D eigenvalue weighted by atomic mass is 19.3. The SMILES string of the molecule is O=C(Nc1cccc(-c2nnnn2C2CC2)c1)c1ccc(OC(F)F)cc1. The number of rotatable bonds is 6. The number of carbonyl (C=O) groups is 1. The normalized spacial score (nSPS) is 13.6. The van der Waals surface area contributed by atoms with Gasteiger partial charge in [-0.25, -0.2) is 4.68 Å². The van der Waals surface area contributed by atoms with Gasteiger partial charge in [-0.05, 0) is 59.7 Å². The third kappa shape index (κ3) is 3.91. The monoisotopic (exact) mass is 371 g/mol. The van der Waals surface area contributed by atoms with E-state index in [2.05, 4.69) is 25.6 Å². The van der Waals surface area contributed by atoms with Gasteiger partial charge in [0.15, 0.2) is 5.82 Å². The molecule has 27 heavy (non-hydrogen) atoms. The Morgan fingerprint density at radius 3 is 2.67 bits per heavy atom. The predicted molar refractivity (Wildman–Crippen MR) is 92.6 cm³/mol. The van der Waals surface area contributed by atoms with E-state index < -0.39 is 6.61 Å². The highest BCUT2D eigenvalue weighted by molar-refractivity contribution is 6.04. The van der Waals surface area contributed by atoms with E-state index in [0.717, 1.165) is 18.4 Å². The average molecular weight is 371 g/mol. The lowest BCUT2D eigenvalue weighted by Crippen LogP contribution is -2.12. The van der Waals surface area contributed by atoms with Crippen molar-refractivity contribution in [3.8, 4) is 17.1 Å². The Hall–Kier alpha value is -3.36. The zero-order chi connectivity index (χ0) is 18.8. The van der Waals surface area contributed by atoms with Crippen molar-refractivity contribution in [1.29, 1.82) is 0 Å². The first-order chi connectivity index (χ1) is 13.1. The molecular formula is C18H15F2N5O2. The molecule has 1 aromatic heterocycles. The first-order valence-electron chi connectivity index (χ1n) is 8.35. The van der Waals surface area contributed by atoms with Gasteiger partial charge in [0.05, 0.1) is 6.04 Å². The van der Waals surface area contributed by atoms with Crippen LogP contribution in [0.1, 0.15) is 29.2 Å². The summed E-state index contributed by atoms with van der Waals surface area (Å²) in [7, 11) is 0. The van der Waals surface area contributed by atoms with Crippen molar-refractivity contribution in [3.63, 3.8) is 0 Å². The van der Waals surface area contributed by atoms with Crippen LogP contribution < -0.4 is 10.1 Å². The minimum Gasteiger partial charge on any atom is -0.435 e. The topological polar surface area (TPSA) is 81.9 Å². The molecule has 0 unspecified atom stereocenters. The van der Waals surface area contributed by atoms with E-state index in [0.29, 0.717) is 23.1 Å². The highest BCUT2D eigenvalue weighted by Crippen LogP contribution is 2.36. The van der Waals surface area contributed by atoms with Gasteiger partial charge >= 0.3 is 6.61 Å². The maximum Gasteiger partial charge on any atom is 0.387 e. The van der Waals surface area contributed by atoms with E-state index in [9.17, 15) is 13.6 Å². The summed E-state index contributed by atoms with van der Waals surface area (Å²) in [4.78, 5) is 12.4. The molecule has 1 N–H and O–H groups in total. The van der Waals surface area contributed by atoms with Gasteiger partial charge in [-0.15, -0.1) is 5.10 Å². The molecule has 1 aliphatic carbocycles. The van der Waals surface area contributed by atoms with Gasteiger partial charge in [0.1, 0.15) is 5.75 Å². The van der Waals surface area contributed by atoms with Crippen LogP contribution in [0.3, 0.4) is 0 Å². The summed E-state index contributed by atoms with van der Waals surface area (Å²) in [6, 6.07) is 13.0. The number of anilines is 1. The zero-order valence-electron chi connectivity index (χ0n) is 14.0. The number of nitrogens with zero attached hydrogens (tertiary/aromatic N) is 4. The molecule has 1 fully saturated rings. The number of halogens is 2. The maximum atomic E-state index is 12.4. The lowest BCUT2D eigenvalue weighted by molar-refractivity contribution is -0.0498. The van der Waals surface area contributed by atoms with E-state index in [-0.39, 0.29) is 11.7 Å². The summed E-state index contributed by atoms with van der Waals surface area (Å²) in [5, 5.41) is 14.6. The van der Waals surface area contributed by atoms with E-state index in [4.69, 9.17) is 0 Å². The van der Waals surface area contributed by atoms with Crippen molar-refractivity contribution in [1.82, 2.24) is 20.2 Å². The largest absolute Gasteiger partial charge is 0.435 e. The molecule has 0 aliphatic heterocycles. The summed E-state index contributed by atoms with van der Waals surface area (Å²) in [5.74, 6) is 0.287. The fourth-order valence-electron chi connectivity index (χ4n) is 2.68. The number of carbonyl (C=O) groups excluding carboxylic acids is 1. The molecule has 138 valence electrons. The Morgan fingerprint density at radius 1 is 1.19 bits per heavy atom. The van der Waals surface area contributed by atoms with Crippen molar-refractivity contribution in [2.75, 3.05) is 5.32 Å². The van der Waals surface area contributed by atoms with Crippen LogP contribution in [0.5, 0.6) is 5.75 Å². The molecular weight excluding hydrogens is 356 g/mol. The Bertz CT molecular complexity index is 954. The first-order valence-corrected chi connectivity index (χ1v) is 8.35. The number of nitrogens with one attached hydrogen (secondary N) is 1. The molecule has 1 aliphatic rings. The van der Waals surface area contributed by atoms with Crippen LogP contribution in [0.15, 0.2) is 48.5 Å². The van der Waals surface area contributed by atoms with Crippen LogP contribution in [-0.2, 0) is 0 Å². The molecule has 0 atom stereocenters. The summed E-state index contributed by atoms with van der Waals surface area (Å²) in [5.41, 5.74) is 1.70. The number of tetrazole rings is 1. The van der Waals surface area contributed by atoms with Crippen LogP contribution in [-0.4, -0.2) is 32.7 Å². The Balaban J connectivity index is 1.49. The van der Waals surface area contributed by atoms with E-state index >= 15 is 0 Å². The van der Waals surface area contributed by atoms with Gasteiger partial charge < -0.3 is 10.1 Å². The average Bonchev–Trinajstić information content (AvgIpc) is 3.38. The van der Waals surface area contributed by atoms with Crippen LogP contribution in [0.2, 0.25) is 0 Å². The second-order valence-electron chi connectivity index (χ2n) is 6.12.